The standard InChI is InChI=1S/C16H12N2O4/c1-21-12-5-3-4-11(8-12)13-6-7-14(17-9-19)16(22-2)15(13)18-10-20/h3-8H,1-2H3. The number of aliphatic imine (C=N–C) groups is 2. The van der Waals surface area contributed by atoms with E-state index in [0.29, 0.717) is 11.3 Å². The summed E-state index contributed by atoms with van der Waals surface area (Å²) in [6.07, 6.45) is 2.93. The highest BCUT2D eigenvalue weighted by Gasteiger charge is 2.15. The highest BCUT2D eigenvalue weighted by atomic mass is 16.5. The Labute approximate surface area is 126 Å². The number of ether oxygens (including phenoxy) is 2. The van der Waals surface area contributed by atoms with Gasteiger partial charge in [-0.15, -0.1) is 0 Å². The van der Waals surface area contributed by atoms with Crippen molar-refractivity contribution in [3.05, 3.63) is 36.4 Å². The zero-order valence-corrected chi connectivity index (χ0v) is 12.0. The van der Waals surface area contributed by atoms with Gasteiger partial charge in [0, 0.05) is 5.56 Å². The maximum atomic E-state index is 10.7. The molecular formula is C16H12N2O4. The molecule has 0 amide bonds. The number of methoxy groups -OCH3 is 2. The fourth-order valence-electron chi connectivity index (χ4n) is 2.08. The maximum Gasteiger partial charge on any atom is 0.240 e. The second-order valence-corrected chi connectivity index (χ2v) is 4.15. The van der Waals surface area contributed by atoms with Gasteiger partial charge in [-0.1, -0.05) is 12.1 Å². The number of rotatable bonds is 5. The summed E-state index contributed by atoms with van der Waals surface area (Å²) in [7, 11) is 2.96. The molecule has 22 heavy (non-hydrogen) atoms. The lowest BCUT2D eigenvalue weighted by atomic mass is 10.0. The van der Waals surface area contributed by atoms with Gasteiger partial charge in [-0.2, -0.15) is 9.98 Å². The first kappa shape index (κ1) is 15.2. The van der Waals surface area contributed by atoms with Crippen molar-refractivity contribution in [2.45, 2.75) is 0 Å². The highest BCUT2D eigenvalue weighted by molar-refractivity contribution is 5.86. The van der Waals surface area contributed by atoms with E-state index >= 15 is 0 Å². The van der Waals surface area contributed by atoms with E-state index in [1.807, 2.05) is 12.1 Å². The zero-order chi connectivity index (χ0) is 15.9. The number of hydrogen-bond donors (Lipinski definition) is 0. The van der Waals surface area contributed by atoms with Gasteiger partial charge >= 0.3 is 0 Å². The highest BCUT2D eigenvalue weighted by Crippen LogP contribution is 2.44. The molecule has 2 aromatic carbocycles. The van der Waals surface area contributed by atoms with Crippen molar-refractivity contribution in [3.63, 3.8) is 0 Å². The smallest absolute Gasteiger partial charge is 0.240 e. The minimum absolute atomic E-state index is 0.201. The van der Waals surface area contributed by atoms with Crippen LogP contribution in [0.1, 0.15) is 0 Å². The fourth-order valence-corrected chi connectivity index (χ4v) is 2.08. The molecule has 0 bridgehead atoms. The second-order valence-electron chi connectivity index (χ2n) is 4.15. The summed E-state index contributed by atoms with van der Waals surface area (Å²) in [5, 5.41) is 0. The largest absolute Gasteiger partial charge is 0.497 e. The van der Waals surface area contributed by atoms with Crippen molar-refractivity contribution in [2.75, 3.05) is 14.2 Å². The molecule has 0 spiro atoms. The van der Waals surface area contributed by atoms with Crippen molar-refractivity contribution in [1.82, 2.24) is 0 Å². The molecule has 0 heterocycles. The molecule has 2 aromatic rings. The van der Waals surface area contributed by atoms with Crippen molar-refractivity contribution in [3.8, 4) is 22.6 Å². The molecule has 0 aliphatic rings. The molecule has 0 unspecified atom stereocenters. The molecule has 6 heteroatoms. The minimum atomic E-state index is 0.201. The lowest BCUT2D eigenvalue weighted by Gasteiger charge is -2.12. The molecule has 0 aliphatic carbocycles. The average molecular weight is 296 g/mol. The van der Waals surface area contributed by atoms with E-state index in [9.17, 15) is 9.59 Å². The first-order chi connectivity index (χ1) is 10.7. The van der Waals surface area contributed by atoms with Crippen LogP contribution in [-0.4, -0.2) is 26.4 Å². The van der Waals surface area contributed by atoms with Crippen LogP contribution in [0, 0.1) is 0 Å². The maximum absolute atomic E-state index is 10.7. The second kappa shape index (κ2) is 6.99. The summed E-state index contributed by atoms with van der Waals surface area (Å²) in [6.45, 7) is 0. The molecular weight excluding hydrogens is 284 g/mol. The van der Waals surface area contributed by atoms with Crippen molar-refractivity contribution >= 4 is 23.5 Å². The first-order valence-corrected chi connectivity index (χ1v) is 6.26. The molecule has 2 rings (SSSR count). The number of hydrogen-bond acceptors (Lipinski definition) is 6. The summed E-state index contributed by atoms with van der Waals surface area (Å²) in [5.74, 6) is 0.861. The van der Waals surface area contributed by atoms with Crippen LogP contribution < -0.4 is 9.47 Å². The molecule has 0 fully saturated rings. The normalized spacial score (nSPS) is 9.36. The van der Waals surface area contributed by atoms with Gasteiger partial charge in [-0.3, -0.25) is 0 Å². The Morgan fingerprint density at radius 3 is 2.36 bits per heavy atom. The van der Waals surface area contributed by atoms with Gasteiger partial charge in [0.05, 0.1) is 14.2 Å². The number of nitrogens with zero attached hydrogens (tertiary/aromatic N) is 2. The van der Waals surface area contributed by atoms with Gasteiger partial charge in [-0.25, -0.2) is 9.59 Å². The fraction of sp³-hybridized carbons (Fsp3) is 0.125. The van der Waals surface area contributed by atoms with Crippen LogP contribution in [0.25, 0.3) is 11.1 Å². The quantitative estimate of drug-likeness (QED) is 0.626. The molecule has 0 N–H and O–H groups in total. The van der Waals surface area contributed by atoms with Crippen LogP contribution in [0.15, 0.2) is 46.4 Å². The van der Waals surface area contributed by atoms with Crippen molar-refractivity contribution in [2.24, 2.45) is 9.98 Å². The van der Waals surface area contributed by atoms with E-state index in [0.717, 1.165) is 5.56 Å². The Bertz CT molecular complexity index is 789. The predicted octanol–water partition coefficient (Wildman–Crippen LogP) is 3.31. The third kappa shape index (κ3) is 2.94. The molecule has 0 radical (unpaired) electrons. The minimum Gasteiger partial charge on any atom is -0.497 e. The Morgan fingerprint density at radius 1 is 0.955 bits per heavy atom. The van der Waals surface area contributed by atoms with E-state index < -0.39 is 0 Å². The first-order valence-electron chi connectivity index (χ1n) is 6.26. The van der Waals surface area contributed by atoms with Gasteiger partial charge in [0.1, 0.15) is 17.1 Å². The van der Waals surface area contributed by atoms with Crippen LogP contribution in [-0.2, 0) is 9.59 Å². The van der Waals surface area contributed by atoms with E-state index in [1.54, 1.807) is 31.4 Å². The van der Waals surface area contributed by atoms with Crippen molar-refractivity contribution < 1.29 is 19.1 Å². The monoisotopic (exact) mass is 296 g/mol. The molecule has 0 aliphatic heterocycles. The summed E-state index contributed by atoms with van der Waals surface area (Å²) < 4.78 is 10.4. The average Bonchev–Trinajstić information content (AvgIpc) is 2.56. The van der Waals surface area contributed by atoms with E-state index in [-0.39, 0.29) is 17.1 Å². The van der Waals surface area contributed by atoms with Gasteiger partial charge in [-0.05, 0) is 29.8 Å². The summed E-state index contributed by atoms with van der Waals surface area (Å²) in [4.78, 5) is 28.5. The lowest BCUT2D eigenvalue weighted by molar-refractivity contribution is 0.415. The summed E-state index contributed by atoms with van der Waals surface area (Å²) >= 11 is 0. The van der Waals surface area contributed by atoms with Crippen LogP contribution in [0.2, 0.25) is 0 Å². The SMILES string of the molecule is COc1cccc(-c2ccc(N=C=O)c(OC)c2N=C=O)c1. The Hall–Kier alpha value is -3.20. The van der Waals surface area contributed by atoms with E-state index in [4.69, 9.17) is 9.47 Å². The molecule has 110 valence electrons. The topological polar surface area (TPSA) is 77.3 Å². The Balaban J connectivity index is 2.74. The van der Waals surface area contributed by atoms with E-state index in [2.05, 4.69) is 9.98 Å². The van der Waals surface area contributed by atoms with Crippen LogP contribution in [0.3, 0.4) is 0 Å². The third-order valence-electron chi connectivity index (χ3n) is 3.02. The lowest BCUT2D eigenvalue weighted by Crippen LogP contribution is -1.89. The predicted molar refractivity (Wildman–Crippen MR) is 80.5 cm³/mol. The molecule has 0 atom stereocenters. The van der Waals surface area contributed by atoms with Gasteiger partial charge in [0.15, 0.2) is 5.75 Å². The number of carbonyl (C=O) groups excluding carboxylic acids is 2. The van der Waals surface area contributed by atoms with Gasteiger partial charge < -0.3 is 9.47 Å². The van der Waals surface area contributed by atoms with Gasteiger partial charge in [0.2, 0.25) is 12.2 Å². The summed E-state index contributed by atoms with van der Waals surface area (Å²) in [5.41, 5.74) is 1.87. The number of isocyanates is 2. The molecule has 0 saturated carbocycles. The van der Waals surface area contributed by atoms with Crippen molar-refractivity contribution in [1.29, 1.82) is 0 Å². The van der Waals surface area contributed by atoms with Crippen LogP contribution >= 0.6 is 0 Å². The Morgan fingerprint density at radius 2 is 1.73 bits per heavy atom. The van der Waals surface area contributed by atoms with Crippen LogP contribution in [0.5, 0.6) is 11.5 Å². The van der Waals surface area contributed by atoms with Gasteiger partial charge in [0.25, 0.3) is 0 Å². The summed E-state index contributed by atoms with van der Waals surface area (Å²) in [6, 6.07) is 10.5. The zero-order valence-electron chi connectivity index (χ0n) is 12.0. The third-order valence-corrected chi connectivity index (χ3v) is 3.02. The van der Waals surface area contributed by atoms with Crippen LogP contribution in [0.4, 0.5) is 11.4 Å². The molecule has 6 nitrogen and oxygen atoms in total. The molecule has 0 aromatic heterocycles. The Kier molecular flexibility index (Phi) is 4.83. The number of benzene rings is 2. The van der Waals surface area contributed by atoms with E-state index in [1.165, 1.54) is 19.3 Å². The molecule has 0 saturated heterocycles.